The first-order valence-corrected chi connectivity index (χ1v) is 9.68. The fraction of sp³-hybridized carbons (Fsp3) is 0.429. The van der Waals surface area contributed by atoms with Crippen LogP contribution in [0.2, 0.25) is 0 Å². The van der Waals surface area contributed by atoms with E-state index in [1.165, 1.54) is 6.07 Å². The van der Waals surface area contributed by atoms with E-state index in [9.17, 15) is 29.2 Å². The van der Waals surface area contributed by atoms with Crippen LogP contribution in [-0.2, 0) is 20.5 Å². The van der Waals surface area contributed by atoms with Gasteiger partial charge < -0.3 is 19.6 Å². The number of hydrogen-bond acceptors (Lipinski definition) is 8. The third-order valence-corrected chi connectivity index (χ3v) is 6.05. The number of fused-ring (bicyclic) bond motifs is 1. The van der Waals surface area contributed by atoms with E-state index in [0.29, 0.717) is 26.1 Å². The van der Waals surface area contributed by atoms with E-state index in [1.54, 1.807) is 0 Å². The molecule has 12 nitrogen and oxygen atoms in total. The minimum absolute atomic E-state index is 0.0576. The number of nitrogens with one attached hydrogen (secondary N) is 3. The maximum atomic E-state index is 12.3. The predicted octanol–water partition coefficient (Wildman–Crippen LogP) is 0.510. The van der Waals surface area contributed by atoms with Crippen molar-refractivity contribution in [3.63, 3.8) is 0 Å². The average Bonchev–Trinajstić information content (AvgIpc) is 2.63. The van der Waals surface area contributed by atoms with E-state index in [-0.39, 0.29) is 28.8 Å². The summed E-state index contributed by atoms with van der Waals surface area (Å²) in [5.41, 5.74) is -0.00309. The zero-order valence-corrected chi connectivity index (χ0v) is 14.9. The average molecular weight is 400 g/mol. The number of nitro benzene ring substituents is 1. The molecule has 27 heavy (non-hydrogen) atoms. The van der Waals surface area contributed by atoms with Gasteiger partial charge in [0.15, 0.2) is 0 Å². The lowest BCUT2D eigenvalue weighted by Crippen LogP contribution is -2.29. The summed E-state index contributed by atoms with van der Waals surface area (Å²) in [5.74, 6) is 0. The molecule has 1 atom stereocenters. The van der Waals surface area contributed by atoms with Crippen molar-refractivity contribution in [2.45, 2.75) is 25.0 Å². The van der Waals surface area contributed by atoms with Crippen LogP contribution >= 0.6 is 7.60 Å². The maximum Gasteiger partial charge on any atom is 0.347 e. The Hall–Kier alpha value is -2.37. The Bertz CT molecular complexity index is 1030. The molecule has 1 aliphatic rings. The lowest BCUT2D eigenvalue weighted by Gasteiger charge is -2.25. The van der Waals surface area contributed by atoms with Crippen molar-refractivity contribution in [2.24, 2.45) is 0 Å². The molecule has 2 aromatic rings. The van der Waals surface area contributed by atoms with Crippen molar-refractivity contribution >= 4 is 24.3 Å². The smallest absolute Gasteiger partial charge is 0.347 e. The van der Waals surface area contributed by atoms with Gasteiger partial charge in [0, 0.05) is 37.5 Å². The standard InChI is InChI=1S/C14H17N4O8P/c19-13-14(20)17-12-8(5-9(18(21)22)6-11(12)16-13)7-15-26-27(23,24)10-1-3-25-4-2-10/h5-6,10,15H,1-4,7H2,(H,16,19)(H,17,20)(H,23,24). The summed E-state index contributed by atoms with van der Waals surface area (Å²) < 4.78 is 22.4. The first-order chi connectivity index (χ1) is 12.8. The van der Waals surface area contributed by atoms with Crippen molar-refractivity contribution in [2.75, 3.05) is 13.2 Å². The Kier molecular flexibility index (Phi) is 5.53. The van der Waals surface area contributed by atoms with Crippen LogP contribution in [0, 0.1) is 10.1 Å². The molecule has 0 saturated carbocycles. The van der Waals surface area contributed by atoms with Crippen LogP contribution in [0.4, 0.5) is 5.69 Å². The third kappa shape index (κ3) is 4.31. The largest absolute Gasteiger partial charge is 0.381 e. The molecule has 1 saturated heterocycles. The highest BCUT2D eigenvalue weighted by Crippen LogP contribution is 2.50. The molecule has 13 heteroatoms. The Morgan fingerprint density at radius 2 is 1.96 bits per heavy atom. The number of nitro groups is 1. The molecule has 1 aromatic heterocycles. The van der Waals surface area contributed by atoms with Crippen molar-refractivity contribution in [3.05, 3.63) is 48.5 Å². The number of ether oxygens (including phenoxy) is 1. The van der Waals surface area contributed by atoms with Gasteiger partial charge in [0.1, 0.15) is 0 Å². The zero-order valence-electron chi connectivity index (χ0n) is 14.0. The Balaban J connectivity index is 1.84. The van der Waals surface area contributed by atoms with Gasteiger partial charge in [-0.3, -0.25) is 24.3 Å². The van der Waals surface area contributed by atoms with Gasteiger partial charge in [0.25, 0.3) is 5.69 Å². The highest BCUT2D eigenvalue weighted by Gasteiger charge is 2.34. The number of H-pyrrole nitrogens is 2. The van der Waals surface area contributed by atoms with E-state index in [1.807, 2.05) is 0 Å². The van der Waals surface area contributed by atoms with Gasteiger partial charge in [-0.2, -0.15) is 5.48 Å². The van der Waals surface area contributed by atoms with Crippen molar-refractivity contribution < 1.29 is 23.7 Å². The van der Waals surface area contributed by atoms with Crippen LogP contribution in [-0.4, -0.2) is 38.7 Å². The third-order valence-electron chi connectivity index (χ3n) is 4.22. The van der Waals surface area contributed by atoms with E-state index >= 15 is 0 Å². The monoisotopic (exact) mass is 400 g/mol. The molecule has 3 rings (SSSR count). The molecule has 0 aliphatic carbocycles. The van der Waals surface area contributed by atoms with Gasteiger partial charge in [-0.05, 0) is 12.8 Å². The molecular formula is C14H17N4O8P. The number of hydroxylamine groups is 1. The first-order valence-electron chi connectivity index (χ1n) is 8.03. The molecule has 146 valence electrons. The number of benzene rings is 1. The molecule has 1 fully saturated rings. The Labute approximate surface area is 151 Å². The van der Waals surface area contributed by atoms with Crippen LogP contribution in [0.1, 0.15) is 18.4 Å². The maximum absolute atomic E-state index is 12.3. The van der Waals surface area contributed by atoms with Gasteiger partial charge >= 0.3 is 18.7 Å². The van der Waals surface area contributed by atoms with Crippen molar-refractivity contribution in [1.29, 1.82) is 0 Å². The number of rotatable bonds is 6. The molecule has 1 unspecified atom stereocenters. The van der Waals surface area contributed by atoms with Crippen LogP contribution in [0.25, 0.3) is 11.0 Å². The van der Waals surface area contributed by atoms with Crippen LogP contribution < -0.4 is 16.6 Å². The van der Waals surface area contributed by atoms with Crippen LogP contribution in [0.15, 0.2) is 21.7 Å². The molecule has 0 bridgehead atoms. The van der Waals surface area contributed by atoms with E-state index in [4.69, 9.17) is 9.36 Å². The van der Waals surface area contributed by atoms with Gasteiger partial charge in [-0.25, -0.2) is 4.62 Å². The molecule has 1 aromatic carbocycles. The van der Waals surface area contributed by atoms with Crippen molar-refractivity contribution in [1.82, 2.24) is 15.4 Å². The minimum atomic E-state index is -3.97. The highest BCUT2D eigenvalue weighted by atomic mass is 31.2. The number of hydrogen-bond donors (Lipinski definition) is 4. The second-order valence-corrected chi connectivity index (χ2v) is 8.05. The fourth-order valence-corrected chi connectivity index (χ4v) is 4.08. The molecule has 0 spiro atoms. The molecule has 0 radical (unpaired) electrons. The second kappa shape index (κ2) is 7.71. The Morgan fingerprint density at radius 3 is 2.63 bits per heavy atom. The lowest BCUT2D eigenvalue weighted by atomic mass is 10.1. The molecule has 1 aliphatic heterocycles. The zero-order chi connectivity index (χ0) is 19.6. The topological polar surface area (TPSA) is 177 Å². The number of aromatic amines is 2. The number of aromatic nitrogens is 2. The quantitative estimate of drug-likeness (QED) is 0.233. The van der Waals surface area contributed by atoms with E-state index in [2.05, 4.69) is 15.4 Å². The summed E-state index contributed by atoms with van der Waals surface area (Å²) in [4.78, 5) is 48.1. The molecule has 0 amide bonds. The normalized spacial score (nSPS) is 17.7. The van der Waals surface area contributed by atoms with Gasteiger partial charge in [-0.1, -0.05) is 0 Å². The number of non-ortho nitro benzene ring substituents is 1. The predicted molar refractivity (Wildman–Crippen MR) is 93.4 cm³/mol. The van der Waals surface area contributed by atoms with Gasteiger partial charge in [0.05, 0.1) is 21.6 Å². The highest BCUT2D eigenvalue weighted by molar-refractivity contribution is 7.53. The summed E-state index contributed by atoms with van der Waals surface area (Å²) in [6, 6.07) is 2.28. The van der Waals surface area contributed by atoms with E-state index < -0.39 is 29.3 Å². The summed E-state index contributed by atoms with van der Waals surface area (Å²) in [5, 5.41) is 11.1. The summed E-state index contributed by atoms with van der Waals surface area (Å²) in [6.07, 6.45) is 0.757. The van der Waals surface area contributed by atoms with Crippen LogP contribution in [0.5, 0.6) is 0 Å². The van der Waals surface area contributed by atoms with E-state index in [0.717, 1.165) is 6.07 Å². The first kappa shape index (κ1) is 19.4. The fourth-order valence-electron chi connectivity index (χ4n) is 2.81. The second-order valence-electron chi connectivity index (χ2n) is 6.01. The molecule has 2 heterocycles. The molecular weight excluding hydrogens is 383 g/mol. The Morgan fingerprint density at radius 1 is 1.30 bits per heavy atom. The minimum Gasteiger partial charge on any atom is -0.381 e. The lowest BCUT2D eigenvalue weighted by molar-refractivity contribution is -0.384. The van der Waals surface area contributed by atoms with Gasteiger partial charge in [-0.15, -0.1) is 0 Å². The van der Waals surface area contributed by atoms with Crippen LogP contribution in [0.3, 0.4) is 0 Å². The summed E-state index contributed by atoms with van der Waals surface area (Å²) >= 11 is 0. The summed E-state index contributed by atoms with van der Waals surface area (Å²) in [6.45, 7) is 0.513. The SMILES string of the molecule is O=c1[nH]c2cc([N+](=O)[O-])cc(CNOP(=O)(O)C3CCOCC3)c2[nH]c1=O. The summed E-state index contributed by atoms with van der Waals surface area (Å²) in [7, 11) is -3.97. The molecule has 4 N–H and O–H groups in total. The van der Waals surface area contributed by atoms with Crippen molar-refractivity contribution in [3.8, 4) is 0 Å². The number of nitrogens with zero attached hydrogens (tertiary/aromatic N) is 1. The van der Waals surface area contributed by atoms with Gasteiger partial charge in [0.2, 0.25) is 0 Å².